The number of carbonyl (C=O) groups is 1. The van der Waals surface area contributed by atoms with Gasteiger partial charge in [-0.25, -0.2) is 4.39 Å². The van der Waals surface area contributed by atoms with Crippen molar-refractivity contribution in [2.45, 2.75) is 26.2 Å². The quantitative estimate of drug-likeness (QED) is 0.833. The molecule has 1 amide bonds. The van der Waals surface area contributed by atoms with Crippen molar-refractivity contribution in [1.82, 2.24) is 9.80 Å². The van der Waals surface area contributed by atoms with Gasteiger partial charge in [-0.3, -0.25) is 4.79 Å². The highest BCUT2D eigenvalue weighted by molar-refractivity contribution is 5.73. The number of halogens is 1. The number of piperidine rings is 1. The lowest BCUT2D eigenvalue weighted by Gasteiger charge is -2.37. The Bertz CT molecular complexity index is 687. The highest BCUT2D eigenvalue weighted by Gasteiger charge is 2.25. The normalized spacial score (nSPS) is 22.0. The number of carbonyl (C=O) groups excluding carboxylic acids is 1. The van der Waals surface area contributed by atoms with E-state index in [-0.39, 0.29) is 11.5 Å². The number of nitriles is 1. The summed E-state index contributed by atoms with van der Waals surface area (Å²) in [5.74, 6) is 0.220. The van der Waals surface area contributed by atoms with Gasteiger partial charge >= 0.3 is 0 Å². The molecule has 0 N–H and O–H groups in total. The minimum absolute atomic E-state index is 0.153. The van der Waals surface area contributed by atoms with Crippen molar-refractivity contribution in [3.63, 3.8) is 0 Å². The van der Waals surface area contributed by atoms with Crippen LogP contribution in [0.1, 0.15) is 31.7 Å². The van der Waals surface area contributed by atoms with E-state index in [1.807, 2.05) is 17.0 Å². The lowest BCUT2D eigenvalue weighted by atomic mass is 9.96. The first-order valence-corrected chi connectivity index (χ1v) is 9.50. The summed E-state index contributed by atoms with van der Waals surface area (Å²) < 4.78 is 13.9. The van der Waals surface area contributed by atoms with E-state index in [0.717, 1.165) is 70.8 Å². The maximum atomic E-state index is 13.9. The molecule has 26 heavy (non-hydrogen) atoms. The molecule has 1 aromatic carbocycles. The van der Waals surface area contributed by atoms with Crippen molar-refractivity contribution in [3.05, 3.63) is 29.6 Å². The molecule has 2 heterocycles. The molecule has 0 saturated carbocycles. The van der Waals surface area contributed by atoms with Gasteiger partial charge in [-0.15, -0.1) is 0 Å². The molecule has 2 aliphatic heterocycles. The smallest absolute Gasteiger partial charge is 0.219 e. The maximum absolute atomic E-state index is 13.9. The monoisotopic (exact) mass is 358 g/mol. The summed E-state index contributed by atoms with van der Waals surface area (Å²) in [6, 6.07) is 6.89. The topological polar surface area (TPSA) is 50.6 Å². The fourth-order valence-electron chi connectivity index (χ4n) is 4.15. The first-order valence-electron chi connectivity index (χ1n) is 9.50. The van der Waals surface area contributed by atoms with Crippen LogP contribution in [0, 0.1) is 23.1 Å². The standard InChI is InChI=1S/C20H27FN4O/c1-16(26)24-10-4-8-23(11-12-24)14-17-5-3-9-25(15-17)20-7-2-6-19(21)18(20)13-22/h2,6-7,17H,3-5,8-12,14-15H2,1H3. The third kappa shape index (κ3) is 4.34. The highest BCUT2D eigenvalue weighted by atomic mass is 19.1. The minimum atomic E-state index is -0.441. The molecule has 3 rings (SSSR count). The zero-order valence-corrected chi connectivity index (χ0v) is 15.5. The Kier molecular flexibility index (Phi) is 6.10. The van der Waals surface area contributed by atoms with Crippen LogP contribution in [0.2, 0.25) is 0 Å². The van der Waals surface area contributed by atoms with Gasteiger partial charge in [0.05, 0.1) is 5.69 Å². The second-order valence-corrected chi connectivity index (χ2v) is 7.36. The summed E-state index contributed by atoms with van der Waals surface area (Å²) in [6.45, 7) is 7.94. The number of anilines is 1. The molecule has 2 fully saturated rings. The van der Waals surface area contributed by atoms with Crippen molar-refractivity contribution < 1.29 is 9.18 Å². The highest BCUT2D eigenvalue weighted by Crippen LogP contribution is 2.28. The first-order chi connectivity index (χ1) is 12.6. The Morgan fingerprint density at radius 2 is 2.08 bits per heavy atom. The van der Waals surface area contributed by atoms with Gasteiger partial charge in [0.1, 0.15) is 17.4 Å². The number of hydrogen-bond donors (Lipinski definition) is 0. The number of rotatable bonds is 3. The van der Waals surface area contributed by atoms with Crippen LogP contribution in [0.5, 0.6) is 0 Å². The first kappa shape index (κ1) is 18.7. The molecule has 0 spiro atoms. The number of amides is 1. The van der Waals surface area contributed by atoms with E-state index in [9.17, 15) is 14.4 Å². The van der Waals surface area contributed by atoms with E-state index >= 15 is 0 Å². The predicted octanol–water partition coefficient (Wildman–Crippen LogP) is 2.47. The Balaban J connectivity index is 1.62. The van der Waals surface area contributed by atoms with Crippen molar-refractivity contribution >= 4 is 11.6 Å². The molecule has 0 radical (unpaired) electrons. The van der Waals surface area contributed by atoms with Crippen LogP contribution < -0.4 is 4.90 Å². The molecule has 2 aliphatic rings. The SMILES string of the molecule is CC(=O)N1CCCN(CC2CCCN(c3cccc(F)c3C#N)C2)CC1. The fraction of sp³-hybridized carbons (Fsp3) is 0.600. The fourth-order valence-corrected chi connectivity index (χ4v) is 4.15. The minimum Gasteiger partial charge on any atom is -0.370 e. The van der Waals surface area contributed by atoms with Crippen LogP contribution in [0.15, 0.2) is 18.2 Å². The van der Waals surface area contributed by atoms with Gasteiger partial charge in [0.2, 0.25) is 5.91 Å². The van der Waals surface area contributed by atoms with Gasteiger partial charge in [-0.2, -0.15) is 5.26 Å². The summed E-state index contributed by atoms with van der Waals surface area (Å²) in [4.78, 5) is 18.1. The Hall–Kier alpha value is -2.13. The average Bonchev–Trinajstić information content (AvgIpc) is 2.87. The average molecular weight is 358 g/mol. The lowest BCUT2D eigenvalue weighted by molar-refractivity contribution is -0.128. The summed E-state index contributed by atoms with van der Waals surface area (Å²) in [5.41, 5.74) is 0.871. The van der Waals surface area contributed by atoms with Crippen molar-refractivity contribution in [2.24, 2.45) is 5.92 Å². The maximum Gasteiger partial charge on any atom is 0.219 e. The van der Waals surface area contributed by atoms with E-state index in [4.69, 9.17) is 0 Å². The zero-order chi connectivity index (χ0) is 18.5. The van der Waals surface area contributed by atoms with Gasteiger partial charge in [0.15, 0.2) is 0 Å². The summed E-state index contributed by atoms with van der Waals surface area (Å²) >= 11 is 0. The summed E-state index contributed by atoms with van der Waals surface area (Å²) in [6.07, 6.45) is 3.22. The van der Waals surface area contributed by atoms with Crippen LogP contribution in [-0.4, -0.2) is 61.5 Å². The third-order valence-corrected chi connectivity index (χ3v) is 5.51. The van der Waals surface area contributed by atoms with E-state index < -0.39 is 5.82 Å². The number of nitrogens with zero attached hydrogens (tertiary/aromatic N) is 4. The Morgan fingerprint density at radius 3 is 2.85 bits per heavy atom. The van der Waals surface area contributed by atoms with Crippen LogP contribution in [0.4, 0.5) is 10.1 Å². The molecule has 1 aromatic rings. The van der Waals surface area contributed by atoms with Crippen molar-refractivity contribution in [1.29, 1.82) is 5.26 Å². The summed E-state index contributed by atoms with van der Waals surface area (Å²) in [7, 11) is 0. The van der Waals surface area contributed by atoms with Gasteiger partial charge in [0.25, 0.3) is 0 Å². The van der Waals surface area contributed by atoms with E-state index in [2.05, 4.69) is 9.80 Å². The van der Waals surface area contributed by atoms with E-state index in [0.29, 0.717) is 5.92 Å². The van der Waals surface area contributed by atoms with Crippen molar-refractivity contribution in [3.8, 4) is 6.07 Å². The van der Waals surface area contributed by atoms with E-state index in [1.165, 1.54) is 6.07 Å². The zero-order valence-electron chi connectivity index (χ0n) is 15.5. The van der Waals surface area contributed by atoms with Crippen LogP contribution in [-0.2, 0) is 4.79 Å². The Labute approximate surface area is 155 Å². The molecule has 1 atom stereocenters. The molecule has 0 aliphatic carbocycles. The lowest BCUT2D eigenvalue weighted by Crippen LogP contribution is -2.42. The number of hydrogen-bond acceptors (Lipinski definition) is 4. The molecule has 6 heteroatoms. The molecular weight excluding hydrogens is 331 g/mol. The van der Waals surface area contributed by atoms with Gasteiger partial charge in [-0.1, -0.05) is 6.07 Å². The van der Waals surface area contributed by atoms with Gasteiger partial charge in [0, 0.05) is 46.2 Å². The molecule has 2 saturated heterocycles. The number of benzene rings is 1. The van der Waals surface area contributed by atoms with Crippen LogP contribution in [0.25, 0.3) is 0 Å². The molecule has 0 bridgehead atoms. The van der Waals surface area contributed by atoms with Gasteiger partial charge in [-0.05, 0) is 43.9 Å². The van der Waals surface area contributed by atoms with E-state index in [1.54, 1.807) is 13.0 Å². The van der Waals surface area contributed by atoms with Crippen molar-refractivity contribution in [2.75, 3.05) is 50.7 Å². The van der Waals surface area contributed by atoms with Gasteiger partial charge < -0.3 is 14.7 Å². The largest absolute Gasteiger partial charge is 0.370 e. The molecule has 0 aromatic heterocycles. The summed E-state index contributed by atoms with van der Waals surface area (Å²) in [5, 5.41) is 9.30. The Morgan fingerprint density at radius 1 is 1.23 bits per heavy atom. The molecule has 140 valence electrons. The molecular formula is C20H27FN4O. The third-order valence-electron chi connectivity index (χ3n) is 5.51. The molecule has 1 unspecified atom stereocenters. The second-order valence-electron chi connectivity index (χ2n) is 7.36. The second kappa shape index (κ2) is 8.50. The molecule has 5 nitrogen and oxygen atoms in total. The van der Waals surface area contributed by atoms with Crippen LogP contribution >= 0.6 is 0 Å². The van der Waals surface area contributed by atoms with Crippen LogP contribution in [0.3, 0.4) is 0 Å². The predicted molar refractivity (Wildman–Crippen MR) is 99.4 cm³/mol.